The number of benzene rings is 1. The molecule has 0 aliphatic heterocycles. The number of fused-ring (bicyclic) bond motifs is 1. The van der Waals surface area contributed by atoms with Gasteiger partial charge in [-0.05, 0) is 45.0 Å². The molecule has 0 radical (unpaired) electrons. The third kappa shape index (κ3) is 7.11. The number of imidazole rings is 1. The zero-order valence-corrected chi connectivity index (χ0v) is 21.5. The third-order valence-corrected chi connectivity index (χ3v) is 6.11. The number of carbonyl (C=O) groups excluding carboxylic acids is 2. The number of carbonyl (C=O) groups is 2. The molecule has 3 heterocycles. The van der Waals surface area contributed by atoms with Gasteiger partial charge in [0.25, 0.3) is 5.91 Å². The molecule has 0 atom stereocenters. The van der Waals surface area contributed by atoms with Gasteiger partial charge < -0.3 is 19.9 Å². The van der Waals surface area contributed by atoms with Crippen molar-refractivity contribution in [2.75, 3.05) is 13.1 Å². The predicted molar refractivity (Wildman–Crippen MR) is 139 cm³/mol. The zero-order valence-electron chi connectivity index (χ0n) is 20.7. The summed E-state index contributed by atoms with van der Waals surface area (Å²) in [5.74, 6) is 0.453. The fourth-order valence-corrected chi connectivity index (χ4v) is 4.29. The van der Waals surface area contributed by atoms with Crippen LogP contribution in [0.2, 0.25) is 0 Å². The molecule has 4 rings (SSSR count). The van der Waals surface area contributed by atoms with Crippen molar-refractivity contribution in [2.45, 2.75) is 45.8 Å². The lowest BCUT2D eigenvalue weighted by Crippen LogP contribution is -2.38. The summed E-state index contributed by atoms with van der Waals surface area (Å²) < 4.78 is 5.62. The molecule has 0 unspecified atom stereocenters. The minimum Gasteiger partial charge on any atom is -0.444 e. The van der Waals surface area contributed by atoms with Crippen LogP contribution in [-0.2, 0) is 24.1 Å². The number of nitrogens with zero attached hydrogens (tertiary/aromatic N) is 4. The maximum atomic E-state index is 12.9. The molecule has 0 fully saturated rings. The number of H-pyrrole nitrogens is 1. The molecule has 2 amide bonds. The van der Waals surface area contributed by atoms with Gasteiger partial charge in [-0.1, -0.05) is 18.2 Å². The van der Waals surface area contributed by atoms with Gasteiger partial charge in [0.1, 0.15) is 17.1 Å². The third-order valence-electron chi connectivity index (χ3n) is 5.20. The second-order valence-corrected chi connectivity index (χ2v) is 10.2. The van der Waals surface area contributed by atoms with E-state index in [1.54, 1.807) is 16.5 Å². The van der Waals surface area contributed by atoms with Crippen LogP contribution in [-0.4, -0.2) is 55.5 Å². The van der Waals surface area contributed by atoms with Crippen LogP contribution in [0.15, 0.2) is 54.0 Å². The summed E-state index contributed by atoms with van der Waals surface area (Å²) in [7, 11) is 0. The van der Waals surface area contributed by atoms with E-state index in [-0.39, 0.29) is 12.5 Å². The molecule has 0 saturated carbocycles. The molecule has 0 saturated heterocycles. The van der Waals surface area contributed by atoms with Gasteiger partial charge in [-0.3, -0.25) is 9.78 Å². The van der Waals surface area contributed by atoms with E-state index in [2.05, 4.69) is 25.3 Å². The van der Waals surface area contributed by atoms with Crippen LogP contribution in [0.1, 0.15) is 47.8 Å². The molecule has 0 aliphatic carbocycles. The Hall–Kier alpha value is -3.79. The summed E-state index contributed by atoms with van der Waals surface area (Å²) in [5, 5.41) is 5.39. The van der Waals surface area contributed by atoms with Gasteiger partial charge in [0.15, 0.2) is 0 Å². The van der Waals surface area contributed by atoms with E-state index in [0.717, 1.165) is 21.7 Å². The molecular formula is C26H30N6O3S. The lowest BCUT2D eigenvalue weighted by atomic mass is 10.2. The van der Waals surface area contributed by atoms with Gasteiger partial charge in [0.05, 0.1) is 22.6 Å². The number of aromatic nitrogens is 4. The van der Waals surface area contributed by atoms with Crippen molar-refractivity contribution in [3.63, 3.8) is 0 Å². The summed E-state index contributed by atoms with van der Waals surface area (Å²) in [6.45, 7) is 6.64. The number of nitrogens with one attached hydrogen (secondary N) is 2. The minimum absolute atomic E-state index is 0.222. The van der Waals surface area contributed by atoms with Gasteiger partial charge in [0.2, 0.25) is 0 Å². The molecule has 4 aromatic rings. The standard InChI is InChI=1S/C26H30N6O3S/c1-26(2,3)35-25(34)32(16-22-29-19-9-4-5-10-20(19)30-22)15-12-23-31-21(17-36-23)24(33)28-14-11-18-8-6-7-13-27-18/h4-10,13,17H,11-12,14-16H2,1-3H3,(H,28,33)(H,29,30). The van der Waals surface area contributed by atoms with Gasteiger partial charge in [-0.2, -0.15) is 0 Å². The van der Waals surface area contributed by atoms with Crippen molar-refractivity contribution in [1.29, 1.82) is 0 Å². The molecule has 10 heteroatoms. The highest BCUT2D eigenvalue weighted by molar-refractivity contribution is 7.09. The topological polar surface area (TPSA) is 113 Å². The highest BCUT2D eigenvalue weighted by atomic mass is 32.1. The Bertz CT molecular complexity index is 1280. The molecule has 3 aromatic heterocycles. The van der Waals surface area contributed by atoms with E-state index in [0.29, 0.717) is 37.4 Å². The van der Waals surface area contributed by atoms with Crippen LogP contribution < -0.4 is 5.32 Å². The van der Waals surface area contributed by atoms with Crippen LogP contribution in [0.25, 0.3) is 11.0 Å². The van der Waals surface area contributed by atoms with E-state index >= 15 is 0 Å². The fraction of sp³-hybridized carbons (Fsp3) is 0.346. The van der Waals surface area contributed by atoms with E-state index in [4.69, 9.17) is 4.74 Å². The number of para-hydroxylation sites is 2. The Balaban J connectivity index is 1.36. The Morgan fingerprint density at radius 2 is 1.89 bits per heavy atom. The van der Waals surface area contributed by atoms with Crippen LogP contribution >= 0.6 is 11.3 Å². The summed E-state index contributed by atoms with van der Waals surface area (Å²) in [6, 6.07) is 13.4. The number of hydrogen-bond acceptors (Lipinski definition) is 7. The van der Waals surface area contributed by atoms with Crippen molar-refractivity contribution >= 4 is 34.4 Å². The van der Waals surface area contributed by atoms with Crippen molar-refractivity contribution in [3.05, 3.63) is 76.3 Å². The monoisotopic (exact) mass is 506 g/mol. The largest absolute Gasteiger partial charge is 0.444 e. The van der Waals surface area contributed by atoms with Crippen LogP contribution in [0.3, 0.4) is 0 Å². The quantitative estimate of drug-likeness (QED) is 0.349. The number of aromatic amines is 1. The average Bonchev–Trinajstić information content (AvgIpc) is 3.48. The molecule has 9 nitrogen and oxygen atoms in total. The first kappa shape index (κ1) is 25.3. The van der Waals surface area contributed by atoms with E-state index in [1.807, 2.05) is 63.2 Å². The van der Waals surface area contributed by atoms with Gasteiger partial charge >= 0.3 is 6.09 Å². The predicted octanol–water partition coefficient (Wildman–Crippen LogP) is 4.37. The smallest absolute Gasteiger partial charge is 0.410 e. The van der Waals surface area contributed by atoms with Crippen molar-refractivity contribution < 1.29 is 14.3 Å². The molecular weight excluding hydrogens is 476 g/mol. The molecule has 0 aliphatic rings. The maximum absolute atomic E-state index is 12.9. The number of ether oxygens (including phenoxy) is 1. The van der Waals surface area contributed by atoms with Gasteiger partial charge in [-0.15, -0.1) is 11.3 Å². The fourth-order valence-electron chi connectivity index (χ4n) is 3.52. The molecule has 36 heavy (non-hydrogen) atoms. The molecule has 2 N–H and O–H groups in total. The van der Waals surface area contributed by atoms with E-state index < -0.39 is 11.7 Å². The zero-order chi connectivity index (χ0) is 25.5. The Morgan fingerprint density at radius 3 is 2.64 bits per heavy atom. The van der Waals surface area contributed by atoms with E-state index in [9.17, 15) is 9.59 Å². The molecule has 0 bridgehead atoms. The molecule has 188 valence electrons. The maximum Gasteiger partial charge on any atom is 0.410 e. The first-order valence-corrected chi connectivity index (χ1v) is 12.7. The van der Waals surface area contributed by atoms with Crippen LogP contribution in [0.5, 0.6) is 0 Å². The SMILES string of the molecule is CC(C)(C)OC(=O)N(CCc1nc(C(=O)NCCc2ccccn2)cs1)Cc1nc2ccccc2[nH]1. The average molecular weight is 507 g/mol. The highest BCUT2D eigenvalue weighted by Crippen LogP contribution is 2.17. The number of amides is 2. The number of pyridine rings is 1. The van der Waals surface area contributed by atoms with Gasteiger partial charge in [0, 0.05) is 43.2 Å². The first-order valence-electron chi connectivity index (χ1n) is 11.8. The summed E-state index contributed by atoms with van der Waals surface area (Å²) in [6.07, 6.45) is 2.45. The van der Waals surface area contributed by atoms with Crippen molar-refractivity contribution in [1.82, 2.24) is 30.2 Å². The molecule has 0 spiro atoms. The Labute approximate surface area is 213 Å². The van der Waals surface area contributed by atoms with E-state index in [1.165, 1.54) is 11.3 Å². The number of thiazole rings is 1. The normalized spacial score (nSPS) is 11.4. The van der Waals surface area contributed by atoms with Crippen molar-refractivity contribution in [3.8, 4) is 0 Å². The Kier molecular flexibility index (Phi) is 7.94. The minimum atomic E-state index is -0.620. The highest BCUT2D eigenvalue weighted by Gasteiger charge is 2.24. The summed E-state index contributed by atoms with van der Waals surface area (Å²) in [4.78, 5) is 43.6. The second kappa shape index (κ2) is 11.3. The summed E-state index contributed by atoms with van der Waals surface area (Å²) in [5.41, 5.74) is 2.43. The first-order chi connectivity index (χ1) is 17.3. The van der Waals surface area contributed by atoms with Crippen LogP contribution in [0.4, 0.5) is 4.79 Å². The lowest BCUT2D eigenvalue weighted by Gasteiger charge is -2.26. The van der Waals surface area contributed by atoms with Crippen molar-refractivity contribution in [2.24, 2.45) is 0 Å². The Morgan fingerprint density at radius 1 is 1.08 bits per heavy atom. The number of hydrogen-bond donors (Lipinski definition) is 2. The second-order valence-electron chi connectivity index (χ2n) is 9.31. The lowest BCUT2D eigenvalue weighted by molar-refractivity contribution is 0.0231. The van der Waals surface area contributed by atoms with Gasteiger partial charge in [-0.25, -0.2) is 14.8 Å². The molecule has 1 aromatic carbocycles. The number of rotatable bonds is 9. The van der Waals surface area contributed by atoms with Crippen LogP contribution in [0, 0.1) is 0 Å². The summed E-state index contributed by atoms with van der Waals surface area (Å²) >= 11 is 1.40.